The molecule has 4 heteroatoms. The van der Waals surface area contributed by atoms with Crippen LogP contribution in [0.4, 0.5) is 5.13 Å². The topological polar surface area (TPSA) is 50.9 Å². The van der Waals surface area contributed by atoms with E-state index >= 15 is 0 Å². The van der Waals surface area contributed by atoms with E-state index in [9.17, 15) is 0 Å². The number of hydrogen-bond acceptors (Lipinski definition) is 4. The van der Waals surface area contributed by atoms with Crippen molar-refractivity contribution in [3.8, 4) is 0 Å². The number of anilines is 1. The molecule has 1 rings (SSSR count). The first-order valence-corrected chi connectivity index (χ1v) is 6.97. The van der Waals surface area contributed by atoms with Crippen molar-refractivity contribution in [2.45, 2.75) is 39.5 Å². The van der Waals surface area contributed by atoms with Gasteiger partial charge >= 0.3 is 0 Å². The molecule has 0 unspecified atom stereocenters. The molecule has 0 aliphatic rings. The van der Waals surface area contributed by atoms with Crippen LogP contribution in [0.3, 0.4) is 0 Å². The van der Waals surface area contributed by atoms with E-state index in [1.807, 2.05) is 5.38 Å². The van der Waals surface area contributed by atoms with Crippen LogP contribution in [-0.4, -0.2) is 18.1 Å². The van der Waals surface area contributed by atoms with Gasteiger partial charge in [0.05, 0.1) is 5.69 Å². The Morgan fingerprint density at radius 3 is 2.81 bits per heavy atom. The fraction of sp³-hybridized carbons (Fsp3) is 0.750. The second-order valence-corrected chi connectivity index (χ2v) is 5.46. The highest BCUT2D eigenvalue weighted by atomic mass is 32.1. The molecule has 0 aliphatic carbocycles. The van der Waals surface area contributed by atoms with Gasteiger partial charge in [0.1, 0.15) is 0 Å². The zero-order chi connectivity index (χ0) is 11.8. The number of thiazole rings is 1. The largest absolute Gasteiger partial charge is 0.375 e. The summed E-state index contributed by atoms with van der Waals surface area (Å²) >= 11 is 1.52. The summed E-state index contributed by atoms with van der Waals surface area (Å²) in [7, 11) is 0. The van der Waals surface area contributed by atoms with Gasteiger partial charge in [0.25, 0.3) is 0 Å². The molecule has 16 heavy (non-hydrogen) atoms. The first kappa shape index (κ1) is 13.5. The van der Waals surface area contributed by atoms with Crippen molar-refractivity contribution < 1.29 is 0 Å². The van der Waals surface area contributed by atoms with E-state index in [1.54, 1.807) is 0 Å². The van der Waals surface area contributed by atoms with Gasteiger partial charge in [0.15, 0.2) is 5.13 Å². The number of aromatic nitrogens is 1. The quantitative estimate of drug-likeness (QED) is 0.688. The van der Waals surface area contributed by atoms with Gasteiger partial charge in [-0.1, -0.05) is 26.7 Å². The first-order valence-electron chi connectivity index (χ1n) is 6.09. The lowest BCUT2D eigenvalue weighted by Gasteiger charge is -2.05. The van der Waals surface area contributed by atoms with Crippen LogP contribution in [0, 0.1) is 5.92 Å². The molecule has 0 spiro atoms. The van der Waals surface area contributed by atoms with E-state index in [0.717, 1.165) is 31.1 Å². The molecule has 3 nitrogen and oxygen atoms in total. The maximum atomic E-state index is 5.56. The highest BCUT2D eigenvalue weighted by molar-refractivity contribution is 7.13. The molecule has 0 amide bonds. The Balaban J connectivity index is 1.92. The van der Waals surface area contributed by atoms with Crippen molar-refractivity contribution in [3.63, 3.8) is 0 Å². The molecule has 0 radical (unpaired) electrons. The van der Waals surface area contributed by atoms with Gasteiger partial charge in [-0.15, -0.1) is 11.3 Å². The SMILES string of the molecule is CC(C)CCCCNCCc1csc(N)n1. The minimum atomic E-state index is 0.673. The molecule has 1 aromatic heterocycles. The van der Waals surface area contributed by atoms with Crippen LogP contribution in [0.25, 0.3) is 0 Å². The molecule has 0 atom stereocenters. The number of hydrogen-bond donors (Lipinski definition) is 2. The van der Waals surface area contributed by atoms with Crippen molar-refractivity contribution in [1.82, 2.24) is 10.3 Å². The normalized spacial score (nSPS) is 11.2. The second-order valence-electron chi connectivity index (χ2n) is 4.57. The summed E-state index contributed by atoms with van der Waals surface area (Å²) in [6.45, 7) is 6.68. The fourth-order valence-electron chi connectivity index (χ4n) is 1.58. The average molecular weight is 241 g/mol. The summed E-state index contributed by atoms with van der Waals surface area (Å²) in [6.07, 6.45) is 4.92. The molecule has 1 heterocycles. The molecule has 3 N–H and O–H groups in total. The number of nitrogens with two attached hydrogens (primary N) is 1. The van der Waals surface area contributed by atoms with Crippen molar-refractivity contribution >= 4 is 16.5 Å². The van der Waals surface area contributed by atoms with Crippen LogP contribution < -0.4 is 11.1 Å². The number of nitrogens with zero attached hydrogens (tertiary/aromatic N) is 1. The number of nitrogens with one attached hydrogen (secondary N) is 1. The van der Waals surface area contributed by atoms with Crippen molar-refractivity contribution in [1.29, 1.82) is 0 Å². The Morgan fingerprint density at radius 2 is 2.19 bits per heavy atom. The third-order valence-corrected chi connectivity index (χ3v) is 3.24. The molecule has 92 valence electrons. The number of unbranched alkanes of at least 4 members (excludes halogenated alkanes) is 1. The predicted octanol–water partition coefficient (Wildman–Crippen LogP) is 2.68. The van der Waals surface area contributed by atoms with Crippen molar-refractivity contribution in [2.24, 2.45) is 5.92 Å². The van der Waals surface area contributed by atoms with Gasteiger partial charge in [0.2, 0.25) is 0 Å². The molecule has 1 aromatic rings. The van der Waals surface area contributed by atoms with E-state index in [-0.39, 0.29) is 0 Å². The zero-order valence-corrected chi connectivity index (χ0v) is 11.1. The summed E-state index contributed by atoms with van der Waals surface area (Å²) in [4.78, 5) is 4.22. The van der Waals surface area contributed by atoms with Gasteiger partial charge in [-0.3, -0.25) is 0 Å². The Bertz CT molecular complexity index is 284. The lowest BCUT2D eigenvalue weighted by Crippen LogP contribution is -2.18. The van der Waals surface area contributed by atoms with Crippen molar-refractivity contribution in [2.75, 3.05) is 18.8 Å². The molecule has 0 bridgehead atoms. The van der Waals surface area contributed by atoms with E-state index in [2.05, 4.69) is 24.1 Å². The fourth-order valence-corrected chi connectivity index (χ4v) is 2.18. The first-order chi connectivity index (χ1) is 7.68. The second kappa shape index (κ2) is 7.63. The zero-order valence-electron chi connectivity index (χ0n) is 10.3. The monoisotopic (exact) mass is 241 g/mol. The summed E-state index contributed by atoms with van der Waals surface area (Å²) in [5.74, 6) is 0.831. The maximum Gasteiger partial charge on any atom is 0.180 e. The minimum absolute atomic E-state index is 0.673. The van der Waals surface area contributed by atoms with Gasteiger partial charge in [-0.2, -0.15) is 0 Å². The molecule has 0 saturated heterocycles. The molecule has 0 aliphatic heterocycles. The lowest BCUT2D eigenvalue weighted by atomic mass is 10.1. The summed E-state index contributed by atoms with van der Waals surface area (Å²) < 4.78 is 0. The van der Waals surface area contributed by atoms with Crippen LogP contribution in [0.5, 0.6) is 0 Å². The highest BCUT2D eigenvalue weighted by Gasteiger charge is 1.98. The highest BCUT2D eigenvalue weighted by Crippen LogP contribution is 2.10. The minimum Gasteiger partial charge on any atom is -0.375 e. The smallest absolute Gasteiger partial charge is 0.180 e. The van der Waals surface area contributed by atoms with Crippen LogP contribution in [0.1, 0.15) is 38.8 Å². The Hall–Kier alpha value is -0.610. The third-order valence-electron chi connectivity index (χ3n) is 2.51. The standard InChI is InChI=1S/C12H23N3S/c1-10(2)5-3-4-7-14-8-6-11-9-16-12(13)15-11/h9-10,14H,3-8H2,1-2H3,(H2,13,15). The Labute approximate surface area is 102 Å². The Morgan fingerprint density at radius 1 is 1.38 bits per heavy atom. The van der Waals surface area contributed by atoms with E-state index in [0.29, 0.717) is 5.13 Å². The average Bonchev–Trinajstić information content (AvgIpc) is 2.62. The lowest BCUT2D eigenvalue weighted by molar-refractivity contribution is 0.521. The molecular weight excluding hydrogens is 218 g/mol. The number of nitrogen functional groups attached to an aromatic ring is 1. The van der Waals surface area contributed by atoms with Gasteiger partial charge in [-0.05, 0) is 18.9 Å². The molecule has 0 aromatic carbocycles. The third kappa shape index (κ3) is 6.08. The van der Waals surface area contributed by atoms with E-state index in [4.69, 9.17) is 5.73 Å². The van der Waals surface area contributed by atoms with Crippen molar-refractivity contribution in [3.05, 3.63) is 11.1 Å². The van der Waals surface area contributed by atoms with Gasteiger partial charge < -0.3 is 11.1 Å². The van der Waals surface area contributed by atoms with E-state index < -0.39 is 0 Å². The number of rotatable bonds is 8. The summed E-state index contributed by atoms with van der Waals surface area (Å²) in [5, 5.41) is 6.15. The maximum absolute atomic E-state index is 5.56. The molecule has 0 saturated carbocycles. The van der Waals surface area contributed by atoms with Crippen LogP contribution in [-0.2, 0) is 6.42 Å². The summed E-state index contributed by atoms with van der Waals surface area (Å²) in [5.41, 5.74) is 6.67. The van der Waals surface area contributed by atoms with E-state index in [1.165, 1.54) is 30.6 Å². The predicted molar refractivity (Wildman–Crippen MR) is 71.8 cm³/mol. The molecule has 0 fully saturated rings. The van der Waals surface area contributed by atoms with Crippen LogP contribution in [0.2, 0.25) is 0 Å². The van der Waals surface area contributed by atoms with Gasteiger partial charge in [0, 0.05) is 18.3 Å². The van der Waals surface area contributed by atoms with Crippen LogP contribution >= 0.6 is 11.3 Å². The van der Waals surface area contributed by atoms with Gasteiger partial charge in [-0.25, -0.2) is 4.98 Å². The van der Waals surface area contributed by atoms with Crippen LogP contribution in [0.15, 0.2) is 5.38 Å². The summed E-state index contributed by atoms with van der Waals surface area (Å²) in [6, 6.07) is 0. The Kier molecular flexibility index (Phi) is 6.42. The molecular formula is C12H23N3S.